The number of benzene rings is 2. The predicted molar refractivity (Wildman–Crippen MR) is 102 cm³/mol. The number of nitrogens with one attached hydrogen (secondary N) is 2. The molecule has 2 aromatic carbocycles. The van der Waals surface area contributed by atoms with Crippen LogP contribution in [0.1, 0.15) is 18.1 Å². The number of nitrogens with zero attached hydrogens (tertiary/aromatic N) is 1. The lowest BCUT2D eigenvalue weighted by molar-refractivity contribution is -0.144. The van der Waals surface area contributed by atoms with Gasteiger partial charge in [-0.15, -0.1) is 0 Å². The Morgan fingerprint density at radius 2 is 1.96 bits per heavy atom. The highest BCUT2D eigenvalue weighted by Gasteiger charge is 2.15. The van der Waals surface area contributed by atoms with Gasteiger partial charge in [0, 0.05) is 5.69 Å². The molecule has 2 amide bonds. The van der Waals surface area contributed by atoms with Crippen LogP contribution in [0.3, 0.4) is 0 Å². The minimum absolute atomic E-state index is 0.301. The summed E-state index contributed by atoms with van der Waals surface area (Å²) in [7, 11) is 1.45. The van der Waals surface area contributed by atoms with Gasteiger partial charge in [0.1, 0.15) is 0 Å². The molecule has 0 bridgehead atoms. The minimum Gasteiger partial charge on any atom is -0.493 e. The third-order valence-electron chi connectivity index (χ3n) is 3.49. The number of aliphatic carboxylic acids is 1. The van der Waals surface area contributed by atoms with E-state index in [-0.39, 0.29) is 0 Å². The largest absolute Gasteiger partial charge is 0.493 e. The van der Waals surface area contributed by atoms with E-state index < -0.39 is 18.1 Å². The summed E-state index contributed by atoms with van der Waals surface area (Å²) in [5.41, 5.74) is 4.70. The number of ether oxygens (including phenoxy) is 2. The first-order valence-corrected chi connectivity index (χ1v) is 8.13. The molecule has 0 aliphatic carbocycles. The van der Waals surface area contributed by atoms with Gasteiger partial charge in [0.15, 0.2) is 17.6 Å². The molecule has 0 saturated carbocycles. The summed E-state index contributed by atoms with van der Waals surface area (Å²) in [6.45, 7) is 3.35. The van der Waals surface area contributed by atoms with Crippen molar-refractivity contribution in [3.05, 3.63) is 53.6 Å². The third-order valence-corrected chi connectivity index (χ3v) is 3.49. The number of amides is 2. The number of hydrogen-bond donors (Lipinski definition) is 3. The third kappa shape index (κ3) is 6.03. The second kappa shape index (κ2) is 9.23. The van der Waals surface area contributed by atoms with Crippen LogP contribution in [0, 0.1) is 6.92 Å². The molecule has 0 fully saturated rings. The zero-order chi connectivity index (χ0) is 19.8. The molecule has 0 spiro atoms. The highest BCUT2D eigenvalue weighted by molar-refractivity contribution is 5.90. The van der Waals surface area contributed by atoms with Gasteiger partial charge in [-0.3, -0.25) is 0 Å². The summed E-state index contributed by atoms with van der Waals surface area (Å²) in [6.07, 6.45) is 0.424. The van der Waals surface area contributed by atoms with Gasteiger partial charge in [-0.05, 0) is 55.3 Å². The maximum atomic E-state index is 11.8. The fourth-order valence-electron chi connectivity index (χ4n) is 2.15. The molecule has 2 aromatic rings. The first-order chi connectivity index (χ1) is 12.9. The number of rotatable bonds is 7. The van der Waals surface area contributed by atoms with Crippen LogP contribution in [-0.4, -0.2) is 36.5 Å². The van der Waals surface area contributed by atoms with Gasteiger partial charge in [0.2, 0.25) is 0 Å². The van der Waals surface area contributed by atoms with Crippen molar-refractivity contribution in [3.8, 4) is 11.5 Å². The summed E-state index contributed by atoms with van der Waals surface area (Å²) in [4.78, 5) is 22.7. The Hall–Kier alpha value is -3.55. The Bertz CT molecular complexity index is 851. The van der Waals surface area contributed by atoms with Gasteiger partial charge in [-0.25, -0.2) is 15.0 Å². The lowest BCUT2D eigenvalue weighted by Gasteiger charge is -2.14. The van der Waals surface area contributed by atoms with Crippen molar-refractivity contribution < 1.29 is 24.2 Å². The summed E-state index contributed by atoms with van der Waals surface area (Å²) in [6, 6.07) is 11.8. The van der Waals surface area contributed by atoms with Crippen LogP contribution in [0.4, 0.5) is 10.5 Å². The van der Waals surface area contributed by atoms with E-state index in [1.165, 1.54) is 20.2 Å². The lowest BCUT2D eigenvalue weighted by atomic mass is 10.2. The minimum atomic E-state index is -1.08. The Kier molecular flexibility index (Phi) is 6.76. The Balaban J connectivity index is 1.97. The van der Waals surface area contributed by atoms with Gasteiger partial charge in [0.05, 0.1) is 13.3 Å². The maximum Gasteiger partial charge on any atom is 0.344 e. The fourth-order valence-corrected chi connectivity index (χ4v) is 2.15. The number of carboxylic acids is 1. The van der Waals surface area contributed by atoms with E-state index in [0.29, 0.717) is 22.7 Å². The number of carbonyl (C=O) groups excluding carboxylic acids is 1. The van der Waals surface area contributed by atoms with Crippen molar-refractivity contribution in [2.45, 2.75) is 20.0 Å². The quantitative estimate of drug-likeness (QED) is 0.512. The Morgan fingerprint density at radius 3 is 2.63 bits per heavy atom. The SMILES string of the molecule is COc1cc(/C=N/NC(=O)Nc2cccc(C)c2)ccc1O[C@@H](C)C(=O)O. The van der Waals surface area contributed by atoms with Crippen molar-refractivity contribution in [1.82, 2.24) is 5.43 Å². The summed E-state index contributed by atoms with van der Waals surface area (Å²) in [5, 5.41) is 15.5. The summed E-state index contributed by atoms with van der Waals surface area (Å²) in [5.74, 6) is -0.419. The van der Waals surface area contributed by atoms with Crippen LogP contribution in [0.15, 0.2) is 47.6 Å². The van der Waals surface area contributed by atoms with Crippen LogP contribution in [-0.2, 0) is 4.79 Å². The Morgan fingerprint density at radius 1 is 1.19 bits per heavy atom. The molecule has 1 atom stereocenters. The molecule has 0 aromatic heterocycles. The van der Waals surface area contributed by atoms with Crippen molar-refractivity contribution in [2.24, 2.45) is 5.10 Å². The molecule has 0 aliphatic rings. The number of aryl methyl sites for hydroxylation is 1. The molecule has 142 valence electrons. The van der Waals surface area contributed by atoms with E-state index in [4.69, 9.17) is 14.6 Å². The highest BCUT2D eigenvalue weighted by Crippen LogP contribution is 2.28. The molecule has 8 heteroatoms. The van der Waals surface area contributed by atoms with Crippen molar-refractivity contribution >= 4 is 23.9 Å². The lowest BCUT2D eigenvalue weighted by Crippen LogP contribution is -2.24. The first-order valence-electron chi connectivity index (χ1n) is 8.13. The predicted octanol–water partition coefficient (Wildman–Crippen LogP) is 3.01. The van der Waals surface area contributed by atoms with E-state index in [2.05, 4.69) is 15.8 Å². The van der Waals surface area contributed by atoms with Crippen molar-refractivity contribution in [2.75, 3.05) is 12.4 Å². The fraction of sp³-hybridized carbons (Fsp3) is 0.211. The molecular formula is C19H21N3O5. The number of carboxylic acid groups (broad SMARTS) is 1. The number of hydrazone groups is 1. The second-order valence-electron chi connectivity index (χ2n) is 5.70. The smallest absolute Gasteiger partial charge is 0.344 e. The number of urea groups is 1. The van der Waals surface area contributed by atoms with Crippen LogP contribution in [0.2, 0.25) is 0 Å². The van der Waals surface area contributed by atoms with Gasteiger partial charge < -0.3 is 19.9 Å². The summed E-state index contributed by atoms with van der Waals surface area (Å²) < 4.78 is 10.5. The highest BCUT2D eigenvalue weighted by atomic mass is 16.5. The molecule has 3 N–H and O–H groups in total. The van der Waals surface area contributed by atoms with Crippen molar-refractivity contribution in [3.63, 3.8) is 0 Å². The number of carbonyl (C=O) groups is 2. The van der Waals surface area contributed by atoms with Crippen LogP contribution in [0.5, 0.6) is 11.5 Å². The molecule has 0 heterocycles. The standard InChI is InChI=1S/C19H21N3O5/c1-12-5-4-6-15(9-12)21-19(25)22-20-11-14-7-8-16(17(10-14)26-3)27-13(2)18(23)24/h4-11,13H,1-3H3,(H,23,24)(H2,21,22,25)/b20-11+/t13-/m0/s1. The molecule has 0 radical (unpaired) electrons. The Labute approximate surface area is 156 Å². The molecule has 0 unspecified atom stereocenters. The molecule has 27 heavy (non-hydrogen) atoms. The normalized spacial score (nSPS) is 11.7. The van der Waals surface area contributed by atoms with E-state index in [0.717, 1.165) is 5.56 Å². The van der Waals surface area contributed by atoms with Gasteiger partial charge in [-0.1, -0.05) is 12.1 Å². The number of hydrogen-bond acceptors (Lipinski definition) is 5. The monoisotopic (exact) mass is 371 g/mol. The average Bonchev–Trinajstić information content (AvgIpc) is 2.62. The number of anilines is 1. The maximum absolute atomic E-state index is 11.8. The second-order valence-corrected chi connectivity index (χ2v) is 5.70. The van der Waals surface area contributed by atoms with Crippen LogP contribution in [0.25, 0.3) is 0 Å². The van der Waals surface area contributed by atoms with E-state index in [1.54, 1.807) is 24.3 Å². The van der Waals surface area contributed by atoms with Gasteiger partial charge >= 0.3 is 12.0 Å². The topological polar surface area (TPSA) is 109 Å². The molecule has 2 rings (SSSR count). The van der Waals surface area contributed by atoms with Crippen molar-refractivity contribution in [1.29, 1.82) is 0 Å². The molecule has 0 aliphatic heterocycles. The first kappa shape index (κ1) is 19.8. The van der Waals surface area contributed by atoms with E-state index >= 15 is 0 Å². The zero-order valence-corrected chi connectivity index (χ0v) is 15.2. The summed E-state index contributed by atoms with van der Waals surface area (Å²) >= 11 is 0. The zero-order valence-electron chi connectivity index (χ0n) is 15.2. The van der Waals surface area contributed by atoms with Crippen LogP contribution >= 0.6 is 0 Å². The average molecular weight is 371 g/mol. The van der Waals surface area contributed by atoms with Gasteiger partial charge in [0.25, 0.3) is 0 Å². The van der Waals surface area contributed by atoms with E-state index in [1.807, 2.05) is 25.1 Å². The van der Waals surface area contributed by atoms with Crippen LogP contribution < -0.4 is 20.2 Å². The van der Waals surface area contributed by atoms with Gasteiger partial charge in [-0.2, -0.15) is 5.10 Å². The molecule has 8 nitrogen and oxygen atoms in total. The number of methoxy groups -OCH3 is 1. The molecular weight excluding hydrogens is 350 g/mol. The molecule has 0 saturated heterocycles. The van der Waals surface area contributed by atoms with E-state index in [9.17, 15) is 9.59 Å².